The first-order valence-corrected chi connectivity index (χ1v) is 11.7. The minimum absolute atomic E-state index is 0.0760. The van der Waals surface area contributed by atoms with Gasteiger partial charge in [0.1, 0.15) is 6.04 Å². The molecule has 1 N–H and O–H groups in total. The van der Waals surface area contributed by atoms with Crippen molar-refractivity contribution in [3.63, 3.8) is 0 Å². The van der Waals surface area contributed by atoms with Crippen LogP contribution in [0.2, 0.25) is 10.0 Å². The zero-order chi connectivity index (χ0) is 23.8. The number of rotatable bonds is 9. The molecule has 4 nitrogen and oxygen atoms in total. The van der Waals surface area contributed by atoms with E-state index in [0.29, 0.717) is 35.1 Å². The van der Waals surface area contributed by atoms with Crippen LogP contribution in [0.1, 0.15) is 29.2 Å². The van der Waals surface area contributed by atoms with Crippen LogP contribution in [0.5, 0.6) is 0 Å². The molecule has 0 saturated carbocycles. The fourth-order valence-electron chi connectivity index (χ4n) is 3.67. The standard InChI is InChI=1S/C27H28Cl2N2O2/c1-3-30-27(33)25(15-20-7-5-4-6-8-20)31(18-21-11-9-19(2)10-12-21)26(32)16-22-13-14-23(28)17-24(22)29/h4-14,17,25H,3,15-16,18H2,1-2H3,(H,30,33)/t25-/m1/s1. The maximum atomic E-state index is 13.6. The Balaban J connectivity index is 1.96. The SMILES string of the molecule is CCNC(=O)[C@@H](Cc1ccccc1)N(Cc1ccc(C)cc1)C(=O)Cc1ccc(Cl)cc1Cl. The number of halogens is 2. The van der Waals surface area contributed by atoms with Crippen LogP contribution in [0, 0.1) is 6.92 Å². The zero-order valence-electron chi connectivity index (χ0n) is 18.9. The molecule has 33 heavy (non-hydrogen) atoms. The third-order valence-corrected chi connectivity index (χ3v) is 6.04. The van der Waals surface area contributed by atoms with E-state index in [1.54, 1.807) is 23.1 Å². The third-order valence-electron chi connectivity index (χ3n) is 5.45. The van der Waals surface area contributed by atoms with E-state index in [-0.39, 0.29) is 18.2 Å². The number of benzene rings is 3. The maximum absolute atomic E-state index is 13.6. The van der Waals surface area contributed by atoms with Gasteiger partial charge in [0.25, 0.3) is 0 Å². The van der Waals surface area contributed by atoms with Gasteiger partial charge in [-0.25, -0.2) is 0 Å². The molecule has 0 aromatic heterocycles. The number of nitrogens with zero attached hydrogens (tertiary/aromatic N) is 1. The molecule has 3 rings (SSSR count). The third kappa shape index (κ3) is 7.08. The fourth-order valence-corrected chi connectivity index (χ4v) is 4.14. The maximum Gasteiger partial charge on any atom is 0.243 e. The van der Waals surface area contributed by atoms with E-state index in [2.05, 4.69) is 5.32 Å². The summed E-state index contributed by atoms with van der Waals surface area (Å²) in [7, 11) is 0. The predicted octanol–water partition coefficient (Wildman–Crippen LogP) is 5.62. The van der Waals surface area contributed by atoms with Crippen LogP contribution in [-0.4, -0.2) is 29.3 Å². The van der Waals surface area contributed by atoms with E-state index < -0.39 is 6.04 Å². The lowest BCUT2D eigenvalue weighted by molar-refractivity contribution is -0.140. The van der Waals surface area contributed by atoms with Gasteiger partial charge in [0, 0.05) is 29.6 Å². The van der Waals surface area contributed by atoms with Gasteiger partial charge in [-0.1, -0.05) is 89.4 Å². The van der Waals surface area contributed by atoms with Gasteiger partial charge >= 0.3 is 0 Å². The smallest absolute Gasteiger partial charge is 0.243 e. The van der Waals surface area contributed by atoms with Crippen LogP contribution in [0.4, 0.5) is 0 Å². The number of carbonyl (C=O) groups is 2. The number of hydrogen-bond acceptors (Lipinski definition) is 2. The normalized spacial score (nSPS) is 11.6. The molecule has 0 radical (unpaired) electrons. The lowest BCUT2D eigenvalue weighted by Gasteiger charge is -2.31. The average Bonchev–Trinajstić information content (AvgIpc) is 2.80. The van der Waals surface area contributed by atoms with Crippen molar-refractivity contribution in [2.75, 3.05) is 6.54 Å². The lowest BCUT2D eigenvalue weighted by atomic mass is 10.0. The van der Waals surface area contributed by atoms with Crippen molar-refractivity contribution < 1.29 is 9.59 Å². The van der Waals surface area contributed by atoms with Gasteiger partial charge in [-0.05, 0) is 42.7 Å². The molecular formula is C27H28Cl2N2O2. The van der Waals surface area contributed by atoms with E-state index in [0.717, 1.165) is 16.7 Å². The summed E-state index contributed by atoms with van der Waals surface area (Å²) in [6.07, 6.45) is 0.491. The number of carbonyl (C=O) groups excluding carboxylic acids is 2. The highest BCUT2D eigenvalue weighted by atomic mass is 35.5. The highest BCUT2D eigenvalue weighted by molar-refractivity contribution is 6.35. The van der Waals surface area contributed by atoms with Gasteiger partial charge in [-0.15, -0.1) is 0 Å². The Labute approximate surface area is 205 Å². The zero-order valence-corrected chi connectivity index (χ0v) is 20.4. The highest BCUT2D eigenvalue weighted by Crippen LogP contribution is 2.23. The summed E-state index contributed by atoms with van der Waals surface area (Å²) in [4.78, 5) is 28.4. The molecule has 0 saturated heterocycles. The Morgan fingerprint density at radius 2 is 1.64 bits per heavy atom. The van der Waals surface area contributed by atoms with Crippen molar-refractivity contribution in [2.45, 2.75) is 39.3 Å². The van der Waals surface area contributed by atoms with Crippen LogP contribution in [0.3, 0.4) is 0 Å². The van der Waals surface area contributed by atoms with Gasteiger partial charge in [0.05, 0.1) is 6.42 Å². The molecule has 0 spiro atoms. The van der Waals surface area contributed by atoms with Crippen LogP contribution < -0.4 is 5.32 Å². The Hall–Kier alpha value is -2.82. The van der Waals surface area contributed by atoms with E-state index in [1.165, 1.54) is 0 Å². The quantitative estimate of drug-likeness (QED) is 0.430. The summed E-state index contributed by atoms with van der Waals surface area (Å²) in [5.74, 6) is -0.351. The van der Waals surface area contributed by atoms with E-state index in [9.17, 15) is 9.59 Å². The van der Waals surface area contributed by atoms with Gasteiger partial charge in [-0.2, -0.15) is 0 Å². The Kier molecular flexibility index (Phi) is 8.93. The van der Waals surface area contributed by atoms with Crippen LogP contribution >= 0.6 is 23.2 Å². The van der Waals surface area contributed by atoms with Crippen molar-refractivity contribution in [2.24, 2.45) is 0 Å². The summed E-state index contributed by atoms with van der Waals surface area (Å²) < 4.78 is 0. The summed E-state index contributed by atoms with van der Waals surface area (Å²) in [5.41, 5.74) is 3.75. The second-order valence-electron chi connectivity index (χ2n) is 8.02. The monoisotopic (exact) mass is 482 g/mol. The molecule has 6 heteroatoms. The summed E-state index contributed by atoms with van der Waals surface area (Å²) in [5, 5.41) is 3.85. The van der Waals surface area contributed by atoms with Crippen molar-refractivity contribution >= 4 is 35.0 Å². The average molecular weight is 483 g/mol. The summed E-state index contributed by atoms with van der Waals surface area (Å²) in [6.45, 7) is 4.69. The van der Waals surface area contributed by atoms with Crippen molar-refractivity contribution in [1.29, 1.82) is 0 Å². The van der Waals surface area contributed by atoms with Crippen LogP contribution in [0.25, 0.3) is 0 Å². The van der Waals surface area contributed by atoms with Crippen molar-refractivity contribution in [3.05, 3.63) is 105 Å². The minimum atomic E-state index is -0.660. The molecule has 0 unspecified atom stereocenters. The molecule has 0 heterocycles. The Morgan fingerprint density at radius 3 is 2.27 bits per heavy atom. The lowest BCUT2D eigenvalue weighted by Crippen LogP contribution is -2.51. The van der Waals surface area contributed by atoms with E-state index in [1.807, 2.05) is 68.4 Å². The molecule has 2 amide bonds. The molecule has 0 bridgehead atoms. The van der Waals surface area contributed by atoms with Gasteiger partial charge in [-0.3, -0.25) is 9.59 Å². The molecule has 0 fully saturated rings. The van der Waals surface area contributed by atoms with E-state index >= 15 is 0 Å². The number of nitrogens with one attached hydrogen (secondary N) is 1. The fraction of sp³-hybridized carbons (Fsp3) is 0.259. The summed E-state index contributed by atoms with van der Waals surface area (Å²) >= 11 is 12.4. The van der Waals surface area contributed by atoms with E-state index in [4.69, 9.17) is 23.2 Å². The van der Waals surface area contributed by atoms with Crippen LogP contribution in [0.15, 0.2) is 72.8 Å². The highest BCUT2D eigenvalue weighted by Gasteiger charge is 2.30. The van der Waals surface area contributed by atoms with Gasteiger partial charge in [0.15, 0.2) is 0 Å². The Bertz CT molecular complexity index is 1090. The Morgan fingerprint density at radius 1 is 0.939 bits per heavy atom. The first kappa shape index (κ1) is 24.8. The van der Waals surface area contributed by atoms with Crippen molar-refractivity contribution in [1.82, 2.24) is 10.2 Å². The number of likely N-dealkylation sites (N-methyl/N-ethyl adjacent to an activating group) is 1. The molecule has 172 valence electrons. The molecule has 0 aliphatic carbocycles. The largest absolute Gasteiger partial charge is 0.355 e. The van der Waals surface area contributed by atoms with Crippen molar-refractivity contribution in [3.8, 4) is 0 Å². The molecule has 3 aromatic rings. The predicted molar refractivity (Wildman–Crippen MR) is 135 cm³/mol. The molecular weight excluding hydrogens is 455 g/mol. The summed E-state index contributed by atoms with van der Waals surface area (Å²) in [6, 6.07) is 22.2. The number of hydrogen-bond donors (Lipinski definition) is 1. The number of aryl methyl sites for hydroxylation is 1. The van der Waals surface area contributed by atoms with Gasteiger partial charge < -0.3 is 10.2 Å². The first-order valence-electron chi connectivity index (χ1n) is 11.0. The second kappa shape index (κ2) is 11.9. The number of amides is 2. The topological polar surface area (TPSA) is 49.4 Å². The molecule has 0 aliphatic rings. The first-order chi connectivity index (χ1) is 15.9. The minimum Gasteiger partial charge on any atom is -0.355 e. The second-order valence-corrected chi connectivity index (χ2v) is 8.86. The van der Waals surface area contributed by atoms with Gasteiger partial charge in [0.2, 0.25) is 11.8 Å². The van der Waals surface area contributed by atoms with Crippen LogP contribution in [-0.2, 0) is 29.0 Å². The molecule has 3 aromatic carbocycles. The molecule has 1 atom stereocenters. The molecule has 0 aliphatic heterocycles.